The van der Waals surface area contributed by atoms with Gasteiger partial charge in [0.15, 0.2) is 0 Å². The summed E-state index contributed by atoms with van der Waals surface area (Å²) in [5.41, 5.74) is 5.66. The van der Waals surface area contributed by atoms with E-state index in [0.29, 0.717) is 6.04 Å². The van der Waals surface area contributed by atoms with E-state index in [0.717, 1.165) is 12.6 Å². The Morgan fingerprint density at radius 1 is 1.57 bits per heavy atom. The molecule has 0 aliphatic carbocycles. The molecule has 1 heterocycles. The van der Waals surface area contributed by atoms with E-state index >= 15 is 0 Å². The van der Waals surface area contributed by atoms with Gasteiger partial charge in [-0.2, -0.15) is 0 Å². The van der Waals surface area contributed by atoms with Crippen LogP contribution in [0.1, 0.15) is 26.7 Å². The molecule has 14 heavy (non-hydrogen) atoms. The first kappa shape index (κ1) is 12.0. The van der Waals surface area contributed by atoms with E-state index in [1.54, 1.807) is 0 Å². The molecule has 0 radical (unpaired) electrons. The fraction of sp³-hybridized carbons (Fsp3) is 1.00. The number of nitrogens with zero attached hydrogens (tertiary/aromatic N) is 2. The smallest absolute Gasteiger partial charge is 0.0223 e. The summed E-state index contributed by atoms with van der Waals surface area (Å²) in [6.45, 7) is 8.86. The molecule has 0 saturated carbocycles. The molecule has 0 spiro atoms. The summed E-state index contributed by atoms with van der Waals surface area (Å²) < 4.78 is 0. The zero-order valence-electron chi connectivity index (χ0n) is 9.87. The normalized spacial score (nSPS) is 25.9. The van der Waals surface area contributed by atoms with E-state index in [4.69, 9.17) is 5.73 Å². The second-order valence-electron chi connectivity index (χ2n) is 4.45. The number of likely N-dealkylation sites (tertiary alicyclic amines) is 1. The highest BCUT2D eigenvalue weighted by Crippen LogP contribution is 2.17. The van der Waals surface area contributed by atoms with Crippen molar-refractivity contribution in [3.05, 3.63) is 0 Å². The summed E-state index contributed by atoms with van der Waals surface area (Å²) in [6, 6.07) is 1.27. The van der Waals surface area contributed by atoms with Gasteiger partial charge in [0.25, 0.3) is 0 Å². The summed E-state index contributed by atoms with van der Waals surface area (Å²) in [6.07, 6.45) is 2.72. The standard InChI is InChI=1S/C11H25N3/c1-4-14-7-5-6-11(14)9-13(3)10(2)8-12/h10-11H,4-9,12H2,1-3H3. The van der Waals surface area contributed by atoms with Crippen LogP contribution in [0.25, 0.3) is 0 Å². The van der Waals surface area contributed by atoms with Crippen molar-refractivity contribution >= 4 is 0 Å². The van der Waals surface area contributed by atoms with Crippen molar-refractivity contribution < 1.29 is 0 Å². The lowest BCUT2D eigenvalue weighted by Crippen LogP contribution is -2.44. The van der Waals surface area contributed by atoms with E-state index in [9.17, 15) is 0 Å². The van der Waals surface area contributed by atoms with Gasteiger partial charge in [-0.05, 0) is 39.9 Å². The molecule has 0 aromatic rings. The van der Waals surface area contributed by atoms with Crippen LogP contribution in [-0.4, -0.2) is 55.1 Å². The molecule has 1 saturated heterocycles. The van der Waals surface area contributed by atoms with Crippen LogP contribution >= 0.6 is 0 Å². The van der Waals surface area contributed by atoms with Crippen molar-refractivity contribution in [1.82, 2.24) is 9.80 Å². The van der Waals surface area contributed by atoms with E-state index in [1.165, 1.54) is 32.5 Å². The molecule has 2 unspecified atom stereocenters. The molecule has 2 N–H and O–H groups in total. The molecule has 1 fully saturated rings. The highest BCUT2D eigenvalue weighted by molar-refractivity contribution is 4.81. The number of rotatable bonds is 5. The van der Waals surface area contributed by atoms with Crippen LogP contribution in [0.2, 0.25) is 0 Å². The van der Waals surface area contributed by atoms with Crippen LogP contribution < -0.4 is 5.73 Å². The lowest BCUT2D eigenvalue weighted by atomic mass is 10.2. The van der Waals surface area contributed by atoms with Crippen molar-refractivity contribution in [2.45, 2.75) is 38.8 Å². The van der Waals surface area contributed by atoms with Gasteiger partial charge in [0, 0.05) is 25.2 Å². The maximum atomic E-state index is 5.66. The molecular weight excluding hydrogens is 174 g/mol. The summed E-state index contributed by atoms with van der Waals surface area (Å²) >= 11 is 0. The summed E-state index contributed by atoms with van der Waals surface area (Å²) in [7, 11) is 2.18. The first-order valence-electron chi connectivity index (χ1n) is 5.83. The molecule has 3 nitrogen and oxygen atoms in total. The van der Waals surface area contributed by atoms with E-state index in [1.807, 2.05) is 0 Å². The van der Waals surface area contributed by atoms with Crippen molar-refractivity contribution in [2.24, 2.45) is 5.73 Å². The third kappa shape index (κ3) is 2.94. The minimum atomic E-state index is 0.509. The van der Waals surface area contributed by atoms with Gasteiger partial charge in [-0.3, -0.25) is 4.90 Å². The molecule has 0 amide bonds. The average molecular weight is 199 g/mol. The summed E-state index contributed by atoms with van der Waals surface area (Å²) in [5.74, 6) is 0. The Morgan fingerprint density at radius 2 is 2.29 bits per heavy atom. The fourth-order valence-electron chi connectivity index (χ4n) is 2.21. The number of hydrogen-bond acceptors (Lipinski definition) is 3. The van der Waals surface area contributed by atoms with Crippen LogP contribution in [0, 0.1) is 0 Å². The van der Waals surface area contributed by atoms with Crippen molar-refractivity contribution in [1.29, 1.82) is 0 Å². The maximum absolute atomic E-state index is 5.66. The Morgan fingerprint density at radius 3 is 2.86 bits per heavy atom. The fourth-order valence-corrected chi connectivity index (χ4v) is 2.21. The number of nitrogens with two attached hydrogens (primary N) is 1. The Labute approximate surface area is 88.2 Å². The van der Waals surface area contributed by atoms with Gasteiger partial charge in [0.2, 0.25) is 0 Å². The molecule has 1 aliphatic heterocycles. The zero-order chi connectivity index (χ0) is 10.6. The topological polar surface area (TPSA) is 32.5 Å². The maximum Gasteiger partial charge on any atom is 0.0223 e. The molecule has 1 aliphatic rings. The van der Waals surface area contributed by atoms with Gasteiger partial charge in [0.1, 0.15) is 0 Å². The first-order chi connectivity index (χ1) is 6.69. The molecule has 1 rings (SSSR count). The minimum absolute atomic E-state index is 0.509. The van der Waals surface area contributed by atoms with Gasteiger partial charge in [-0.15, -0.1) is 0 Å². The SMILES string of the molecule is CCN1CCCC1CN(C)C(C)CN. The Hall–Kier alpha value is -0.120. The highest BCUT2D eigenvalue weighted by atomic mass is 15.2. The second kappa shape index (κ2) is 5.69. The number of hydrogen-bond donors (Lipinski definition) is 1. The van der Waals surface area contributed by atoms with Gasteiger partial charge in [0.05, 0.1) is 0 Å². The van der Waals surface area contributed by atoms with E-state index in [-0.39, 0.29) is 0 Å². The lowest BCUT2D eigenvalue weighted by Gasteiger charge is -2.30. The molecule has 84 valence electrons. The van der Waals surface area contributed by atoms with Gasteiger partial charge < -0.3 is 10.6 Å². The third-order valence-corrected chi connectivity index (χ3v) is 3.50. The van der Waals surface area contributed by atoms with E-state index < -0.39 is 0 Å². The summed E-state index contributed by atoms with van der Waals surface area (Å²) in [4.78, 5) is 4.97. The van der Waals surface area contributed by atoms with Crippen molar-refractivity contribution in [2.75, 3.05) is 33.2 Å². The van der Waals surface area contributed by atoms with Crippen molar-refractivity contribution in [3.63, 3.8) is 0 Å². The predicted molar refractivity (Wildman–Crippen MR) is 61.4 cm³/mol. The Balaban J connectivity index is 2.35. The zero-order valence-corrected chi connectivity index (χ0v) is 9.87. The first-order valence-corrected chi connectivity index (χ1v) is 5.83. The van der Waals surface area contributed by atoms with Gasteiger partial charge in [-0.1, -0.05) is 6.92 Å². The van der Waals surface area contributed by atoms with Gasteiger partial charge >= 0.3 is 0 Å². The number of likely N-dealkylation sites (N-methyl/N-ethyl adjacent to an activating group) is 2. The second-order valence-corrected chi connectivity index (χ2v) is 4.45. The molecule has 0 aromatic heterocycles. The highest BCUT2D eigenvalue weighted by Gasteiger charge is 2.24. The predicted octanol–water partition coefficient (Wildman–Crippen LogP) is 0.750. The van der Waals surface area contributed by atoms with E-state index in [2.05, 4.69) is 30.7 Å². The van der Waals surface area contributed by atoms with Crippen molar-refractivity contribution in [3.8, 4) is 0 Å². The Bertz CT molecular complexity index is 161. The molecule has 3 heteroatoms. The van der Waals surface area contributed by atoms with Crippen LogP contribution in [0.5, 0.6) is 0 Å². The molecule has 0 bridgehead atoms. The van der Waals surface area contributed by atoms with Crippen LogP contribution in [0.15, 0.2) is 0 Å². The lowest BCUT2D eigenvalue weighted by molar-refractivity contribution is 0.172. The molecular formula is C11H25N3. The van der Waals surface area contributed by atoms with Crippen LogP contribution in [0.4, 0.5) is 0 Å². The van der Waals surface area contributed by atoms with Crippen LogP contribution in [-0.2, 0) is 0 Å². The average Bonchev–Trinajstić information content (AvgIpc) is 2.63. The van der Waals surface area contributed by atoms with Crippen LogP contribution in [0.3, 0.4) is 0 Å². The monoisotopic (exact) mass is 199 g/mol. The molecule has 0 aromatic carbocycles. The quantitative estimate of drug-likeness (QED) is 0.709. The summed E-state index contributed by atoms with van der Waals surface area (Å²) in [5, 5.41) is 0. The van der Waals surface area contributed by atoms with Gasteiger partial charge in [-0.25, -0.2) is 0 Å². The molecule has 2 atom stereocenters. The Kier molecular flexibility index (Phi) is 4.85. The third-order valence-electron chi connectivity index (χ3n) is 3.50. The minimum Gasteiger partial charge on any atom is -0.329 e. The largest absolute Gasteiger partial charge is 0.329 e.